The lowest BCUT2D eigenvalue weighted by Gasteiger charge is -2.17. The third-order valence-corrected chi connectivity index (χ3v) is 4.15. The van der Waals surface area contributed by atoms with E-state index in [1.54, 1.807) is 0 Å². The molecule has 20 heavy (non-hydrogen) atoms. The molecule has 0 bridgehead atoms. The third kappa shape index (κ3) is 4.07. The number of benzene rings is 1. The molecule has 0 radical (unpaired) electrons. The first kappa shape index (κ1) is 15.0. The van der Waals surface area contributed by atoms with E-state index in [4.69, 9.17) is 4.74 Å². The largest absolute Gasteiger partial charge is 0.469 e. The summed E-state index contributed by atoms with van der Waals surface area (Å²) >= 11 is 0. The lowest BCUT2D eigenvalue weighted by atomic mass is 9.95. The molecule has 1 aromatic rings. The molecule has 0 N–H and O–H groups in total. The molecule has 1 heterocycles. The maximum absolute atomic E-state index is 11.5. The van der Waals surface area contributed by atoms with Gasteiger partial charge in [-0.25, -0.2) is 0 Å². The lowest BCUT2D eigenvalue weighted by Crippen LogP contribution is -2.22. The Kier molecular flexibility index (Phi) is 5.18. The molecular formula is C17H25NO2. The van der Waals surface area contributed by atoms with Crippen LogP contribution >= 0.6 is 0 Å². The summed E-state index contributed by atoms with van der Waals surface area (Å²) in [5.74, 6) is 0.556. The van der Waals surface area contributed by atoms with Crippen molar-refractivity contribution in [3.8, 4) is 0 Å². The number of nitrogens with zero attached hydrogens (tertiary/aromatic N) is 1. The average Bonchev–Trinajstić information content (AvgIpc) is 2.85. The van der Waals surface area contributed by atoms with Gasteiger partial charge in [-0.1, -0.05) is 36.8 Å². The number of likely N-dealkylation sites (tertiary alicyclic amines) is 1. The third-order valence-electron chi connectivity index (χ3n) is 4.15. The van der Waals surface area contributed by atoms with E-state index in [2.05, 4.69) is 36.1 Å². The average molecular weight is 275 g/mol. The molecule has 1 fully saturated rings. The number of hydrogen-bond donors (Lipinski definition) is 0. The summed E-state index contributed by atoms with van der Waals surface area (Å²) in [5, 5.41) is 0. The van der Waals surface area contributed by atoms with Crippen LogP contribution < -0.4 is 0 Å². The Morgan fingerprint density at radius 1 is 1.50 bits per heavy atom. The molecule has 0 amide bonds. The summed E-state index contributed by atoms with van der Waals surface area (Å²) in [5.41, 5.74) is 2.70. The topological polar surface area (TPSA) is 29.5 Å². The molecular weight excluding hydrogens is 250 g/mol. The molecule has 1 saturated heterocycles. The summed E-state index contributed by atoms with van der Waals surface area (Å²) in [6.07, 6.45) is 2.13. The number of esters is 1. The van der Waals surface area contributed by atoms with E-state index in [1.165, 1.54) is 24.7 Å². The Bertz CT molecular complexity index is 458. The van der Waals surface area contributed by atoms with Gasteiger partial charge in [0.1, 0.15) is 0 Å². The van der Waals surface area contributed by atoms with Gasteiger partial charge < -0.3 is 4.74 Å². The normalized spacial score (nSPS) is 20.9. The summed E-state index contributed by atoms with van der Waals surface area (Å²) in [7, 11) is 1.47. The Morgan fingerprint density at radius 3 is 3.00 bits per heavy atom. The maximum atomic E-state index is 11.5. The number of rotatable bonds is 5. The molecule has 1 aliphatic heterocycles. The summed E-state index contributed by atoms with van der Waals surface area (Å²) in [4.78, 5) is 14.0. The van der Waals surface area contributed by atoms with Gasteiger partial charge in [0, 0.05) is 13.1 Å². The monoisotopic (exact) mass is 275 g/mol. The van der Waals surface area contributed by atoms with Gasteiger partial charge in [-0.05, 0) is 37.8 Å². The quantitative estimate of drug-likeness (QED) is 0.774. The zero-order valence-electron chi connectivity index (χ0n) is 12.8. The fourth-order valence-corrected chi connectivity index (χ4v) is 3.11. The van der Waals surface area contributed by atoms with Gasteiger partial charge in [-0.2, -0.15) is 0 Å². The molecule has 2 unspecified atom stereocenters. The summed E-state index contributed by atoms with van der Waals surface area (Å²) < 4.78 is 4.81. The van der Waals surface area contributed by atoms with E-state index < -0.39 is 0 Å². The van der Waals surface area contributed by atoms with Crippen LogP contribution in [0.15, 0.2) is 24.3 Å². The van der Waals surface area contributed by atoms with E-state index in [-0.39, 0.29) is 11.9 Å². The molecule has 1 aliphatic rings. The van der Waals surface area contributed by atoms with Crippen molar-refractivity contribution in [1.29, 1.82) is 0 Å². The highest BCUT2D eigenvalue weighted by Crippen LogP contribution is 2.25. The van der Waals surface area contributed by atoms with Crippen molar-refractivity contribution in [1.82, 2.24) is 4.90 Å². The van der Waals surface area contributed by atoms with Crippen LogP contribution in [0, 0.1) is 18.8 Å². The van der Waals surface area contributed by atoms with Crippen LogP contribution in [0.2, 0.25) is 0 Å². The second-order valence-electron chi connectivity index (χ2n) is 6.04. The first-order chi connectivity index (χ1) is 9.58. The highest BCUT2D eigenvalue weighted by molar-refractivity contribution is 5.71. The molecule has 110 valence electrons. The first-order valence-electron chi connectivity index (χ1n) is 7.44. The van der Waals surface area contributed by atoms with Gasteiger partial charge in [0.05, 0.1) is 13.0 Å². The number of methoxy groups -OCH3 is 1. The molecule has 3 heteroatoms. The van der Waals surface area contributed by atoms with Crippen molar-refractivity contribution < 1.29 is 9.53 Å². The standard InChI is InChI=1S/C17H25NO2/c1-13-5-4-6-15(9-13)11-18-8-7-16(12-18)10-14(2)17(19)20-3/h4-6,9,14,16H,7-8,10-12H2,1-3H3. The van der Waals surface area contributed by atoms with Crippen LogP contribution in [0.4, 0.5) is 0 Å². The van der Waals surface area contributed by atoms with Crippen LogP contribution in [0.5, 0.6) is 0 Å². The van der Waals surface area contributed by atoms with Gasteiger partial charge in [0.25, 0.3) is 0 Å². The van der Waals surface area contributed by atoms with Crippen molar-refractivity contribution in [2.24, 2.45) is 11.8 Å². The lowest BCUT2D eigenvalue weighted by molar-refractivity contribution is -0.145. The van der Waals surface area contributed by atoms with E-state index in [1.807, 2.05) is 6.92 Å². The minimum Gasteiger partial charge on any atom is -0.469 e. The molecule has 2 rings (SSSR count). The van der Waals surface area contributed by atoms with Crippen molar-refractivity contribution in [3.05, 3.63) is 35.4 Å². The number of ether oxygens (including phenoxy) is 1. The Morgan fingerprint density at radius 2 is 2.30 bits per heavy atom. The Balaban J connectivity index is 1.82. The number of carbonyl (C=O) groups excluding carboxylic acids is 1. The van der Waals surface area contributed by atoms with Gasteiger partial charge in [0.15, 0.2) is 0 Å². The van der Waals surface area contributed by atoms with Crippen LogP contribution in [0.25, 0.3) is 0 Å². The van der Waals surface area contributed by atoms with Gasteiger partial charge in [-0.3, -0.25) is 9.69 Å². The van der Waals surface area contributed by atoms with Crippen molar-refractivity contribution >= 4 is 5.97 Å². The maximum Gasteiger partial charge on any atom is 0.308 e. The number of hydrogen-bond acceptors (Lipinski definition) is 3. The van der Waals surface area contributed by atoms with Gasteiger partial charge in [0.2, 0.25) is 0 Å². The zero-order valence-corrected chi connectivity index (χ0v) is 12.8. The fourth-order valence-electron chi connectivity index (χ4n) is 3.11. The van der Waals surface area contributed by atoms with Crippen molar-refractivity contribution in [2.45, 2.75) is 33.2 Å². The fraction of sp³-hybridized carbons (Fsp3) is 0.588. The molecule has 0 aliphatic carbocycles. The second-order valence-corrected chi connectivity index (χ2v) is 6.04. The predicted octanol–water partition coefficient (Wildman–Crippen LogP) is 3.02. The van der Waals surface area contributed by atoms with Gasteiger partial charge >= 0.3 is 5.97 Å². The zero-order chi connectivity index (χ0) is 14.5. The molecule has 0 saturated carbocycles. The first-order valence-corrected chi connectivity index (χ1v) is 7.44. The van der Waals surface area contributed by atoms with Crippen LogP contribution in [-0.4, -0.2) is 31.1 Å². The van der Waals surface area contributed by atoms with Crippen LogP contribution in [0.3, 0.4) is 0 Å². The smallest absolute Gasteiger partial charge is 0.308 e. The predicted molar refractivity (Wildman–Crippen MR) is 80.4 cm³/mol. The molecule has 2 atom stereocenters. The Hall–Kier alpha value is -1.35. The summed E-state index contributed by atoms with van der Waals surface area (Å²) in [6, 6.07) is 8.70. The molecule has 0 spiro atoms. The minimum atomic E-state index is -0.0814. The number of carbonyl (C=O) groups is 1. The SMILES string of the molecule is COC(=O)C(C)CC1CCN(Cc2cccc(C)c2)C1. The second kappa shape index (κ2) is 6.89. The van der Waals surface area contributed by atoms with Crippen molar-refractivity contribution in [2.75, 3.05) is 20.2 Å². The molecule has 1 aromatic carbocycles. The highest BCUT2D eigenvalue weighted by Gasteiger charge is 2.26. The van der Waals surface area contributed by atoms with Crippen LogP contribution in [0.1, 0.15) is 30.9 Å². The number of aryl methyl sites for hydroxylation is 1. The minimum absolute atomic E-state index is 0.0175. The van der Waals surface area contributed by atoms with E-state index in [0.717, 1.165) is 26.1 Å². The molecule has 0 aromatic heterocycles. The molecule has 3 nitrogen and oxygen atoms in total. The van der Waals surface area contributed by atoms with Crippen molar-refractivity contribution in [3.63, 3.8) is 0 Å². The van der Waals surface area contributed by atoms with E-state index >= 15 is 0 Å². The van der Waals surface area contributed by atoms with E-state index in [0.29, 0.717) is 5.92 Å². The van der Waals surface area contributed by atoms with Gasteiger partial charge in [-0.15, -0.1) is 0 Å². The summed E-state index contributed by atoms with van der Waals surface area (Å²) in [6.45, 7) is 7.34. The van der Waals surface area contributed by atoms with E-state index in [9.17, 15) is 4.79 Å². The van der Waals surface area contributed by atoms with Crippen LogP contribution in [-0.2, 0) is 16.1 Å². The Labute approximate surface area is 121 Å². The highest BCUT2D eigenvalue weighted by atomic mass is 16.5.